The van der Waals surface area contributed by atoms with Gasteiger partial charge in [0.25, 0.3) is 0 Å². The largest absolute Gasteiger partial charge is 0.463 e. The molecule has 0 saturated carbocycles. The van der Waals surface area contributed by atoms with E-state index in [1.807, 2.05) is 38.1 Å². The van der Waals surface area contributed by atoms with E-state index in [1.54, 1.807) is 6.92 Å². The second kappa shape index (κ2) is 6.05. The molecule has 1 atom stereocenters. The Hall–Kier alpha value is -1.88. The van der Waals surface area contributed by atoms with E-state index >= 15 is 0 Å². The van der Waals surface area contributed by atoms with Gasteiger partial charge in [-0.3, -0.25) is 0 Å². The van der Waals surface area contributed by atoms with Crippen molar-refractivity contribution in [3.05, 3.63) is 46.7 Å². The van der Waals surface area contributed by atoms with E-state index < -0.39 is 0 Å². The summed E-state index contributed by atoms with van der Waals surface area (Å²) < 4.78 is 5.15. The van der Waals surface area contributed by atoms with Crippen LogP contribution in [-0.4, -0.2) is 17.7 Å². The van der Waals surface area contributed by atoms with Gasteiger partial charge in [0.05, 0.1) is 18.2 Å². The van der Waals surface area contributed by atoms with Crippen LogP contribution in [0.2, 0.25) is 0 Å². The molecule has 20 heavy (non-hydrogen) atoms. The molecule has 0 amide bonds. The summed E-state index contributed by atoms with van der Waals surface area (Å²) >= 11 is 5.19. The average molecular weight is 290 g/mol. The molecule has 1 aromatic rings. The zero-order valence-electron chi connectivity index (χ0n) is 11.8. The average Bonchev–Trinajstić information content (AvgIpc) is 2.37. The maximum absolute atomic E-state index is 12.2. The Balaban J connectivity index is 2.44. The predicted molar refractivity (Wildman–Crippen MR) is 82.1 cm³/mol. The molecule has 0 bridgehead atoms. The lowest BCUT2D eigenvalue weighted by Crippen LogP contribution is -2.45. The maximum Gasteiger partial charge on any atom is 0.338 e. The number of esters is 1. The van der Waals surface area contributed by atoms with Gasteiger partial charge in [-0.25, -0.2) is 4.79 Å². The predicted octanol–water partition coefficient (Wildman–Crippen LogP) is 2.35. The highest BCUT2D eigenvalue weighted by Crippen LogP contribution is 2.28. The lowest BCUT2D eigenvalue weighted by molar-refractivity contribution is -0.139. The Morgan fingerprint density at radius 3 is 2.80 bits per heavy atom. The number of rotatable bonds is 3. The van der Waals surface area contributed by atoms with Crippen LogP contribution >= 0.6 is 12.2 Å². The minimum absolute atomic E-state index is 0.275. The Morgan fingerprint density at radius 1 is 1.40 bits per heavy atom. The van der Waals surface area contributed by atoms with Gasteiger partial charge >= 0.3 is 5.97 Å². The number of aryl methyl sites for hydroxylation is 1. The smallest absolute Gasteiger partial charge is 0.338 e. The van der Waals surface area contributed by atoms with Crippen LogP contribution in [0.5, 0.6) is 0 Å². The molecule has 0 aromatic heterocycles. The van der Waals surface area contributed by atoms with Crippen molar-refractivity contribution in [3.63, 3.8) is 0 Å². The lowest BCUT2D eigenvalue weighted by atomic mass is 9.94. The van der Waals surface area contributed by atoms with Crippen LogP contribution in [0, 0.1) is 6.92 Å². The molecule has 106 valence electrons. The summed E-state index contributed by atoms with van der Waals surface area (Å²) in [7, 11) is 0. The molecule has 5 heteroatoms. The van der Waals surface area contributed by atoms with Crippen molar-refractivity contribution in [2.45, 2.75) is 26.8 Å². The first-order valence-corrected chi connectivity index (χ1v) is 6.95. The van der Waals surface area contributed by atoms with E-state index in [4.69, 9.17) is 17.0 Å². The number of nitrogens with one attached hydrogen (secondary N) is 2. The molecule has 0 spiro atoms. The van der Waals surface area contributed by atoms with Gasteiger partial charge in [-0.2, -0.15) is 0 Å². The molecule has 0 aliphatic carbocycles. The molecular formula is C15H18N2O2S. The first kappa shape index (κ1) is 14.5. The van der Waals surface area contributed by atoms with Gasteiger partial charge in [0.2, 0.25) is 0 Å². The van der Waals surface area contributed by atoms with Crippen molar-refractivity contribution in [3.8, 4) is 0 Å². The summed E-state index contributed by atoms with van der Waals surface area (Å²) in [6, 6.07) is 7.73. The number of thiocarbonyl (C=S) groups is 1. The summed E-state index contributed by atoms with van der Waals surface area (Å²) in [5, 5.41) is 6.64. The third-order valence-corrected chi connectivity index (χ3v) is 3.36. The van der Waals surface area contributed by atoms with Crippen LogP contribution < -0.4 is 10.6 Å². The van der Waals surface area contributed by atoms with Gasteiger partial charge in [0.1, 0.15) is 0 Å². The minimum Gasteiger partial charge on any atom is -0.463 e. The van der Waals surface area contributed by atoms with Crippen LogP contribution in [0.25, 0.3) is 0 Å². The lowest BCUT2D eigenvalue weighted by Gasteiger charge is -2.30. The SMILES string of the molecule is CCOC(=O)C1=C(C)NC(=S)NC1c1cccc(C)c1. The molecular weight excluding hydrogens is 272 g/mol. The zero-order chi connectivity index (χ0) is 14.7. The molecule has 0 radical (unpaired) electrons. The Kier molecular flexibility index (Phi) is 4.39. The Bertz CT molecular complexity index is 581. The van der Waals surface area contributed by atoms with E-state index in [0.717, 1.165) is 16.8 Å². The Morgan fingerprint density at radius 2 is 2.15 bits per heavy atom. The first-order chi connectivity index (χ1) is 9.52. The van der Waals surface area contributed by atoms with Crippen molar-refractivity contribution in [2.24, 2.45) is 0 Å². The third kappa shape index (κ3) is 2.99. The standard InChI is InChI=1S/C15H18N2O2S/c1-4-19-14(18)12-10(3)16-15(20)17-13(12)11-7-5-6-9(2)8-11/h5-8,13H,4H2,1-3H3,(H2,16,17,20). The molecule has 1 aliphatic rings. The molecule has 1 heterocycles. The second-order valence-corrected chi connectivity index (χ2v) is 5.11. The molecule has 1 unspecified atom stereocenters. The molecule has 0 fully saturated rings. The van der Waals surface area contributed by atoms with Gasteiger partial charge in [0.15, 0.2) is 5.11 Å². The van der Waals surface area contributed by atoms with E-state index in [2.05, 4.69) is 10.6 Å². The zero-order valence-corrected chi connectivity index (χ0v) is 12.6. The Labute approximate surface area is 124 Å². The number of carbonyl (C=O) groups excluding carboxylic acids is 1. The van der Waals surface area contributed by atoms with Crippen molar-refractivity contribution < 1.29 is 9.53 Å². The minimum atomic E-state index is -0.320. The summed E-state index contributed by atoms with van der Waals surface area (Å²) in [6.45, 7) is 6.00. The van der Waals surface area contributed by atoms with Gasteiger partial charge in [0, 0.05) is 5.70 Å². The summed E-state index contributed by atoms with van der Waals surface area (Å²) in [6.07, 6.45) is 0. The highest BCUT2D eigenvalue weighted by atomic mass is 32.1. The van der Waals surface area contributed by atoms with E-state index in [1.165, 1.54) is 0 Å². The topological polar surface area (TPSA) is 50.4 Å². The molecule has 2 N–H and O–H groups in total. The molecule has 1 aliphatic heterocycles. The number of hydrogen-bond donors (Lipinski definition) is 2. The third-order valence-electron chi connectivity index (χ3n) is 3.14. The molecule has 4 nitrogen and oxygen atoms in total. The van der Waals surface area contributed by atoms with Crippen LogP contribution in [0.15, 0.2) is 35.5 Å². The van der Waals surface area contributed by atoms with Crippen molar-refractivity contribution in [1.29, 1.82) is 0 Å². The summed E-state index contributed by atoms with van der Waals surface area (Å²) in [4.78, 5) is 12.2. The van der Waals surface area contributed by atoms with Crippen LogP contribution in [0.1, 0.15) is 31.0 Å². The van der Waals surface area contributed by atoms with Crippen molar-refractivity contribution in [1.82, 2.24) is 10.6 Å². The van der Waals surface area contributed by atoms with Crippen molar-refractivity contribution in [2.75, 3.05) is 6.61 Å². The van der Waals surface area contributed by atoms with Crippen LogP contribution in [0.4, 0.5) is 0 Å². The number of carbonyl (C=O) groups is 1. The number of hydrogen-bond acceptors (Lipinski definition) is 3. The maximum atomic E-state index is 12.2. The van der Waals surface area contributed by atoms with Gasteiger partial charge in [-0.15, -0.1) is 0 Å². The molecule has 2 rings (SSSR count). The van der Waals surface area contributed by atoms with Gasteiger partial charge in [-0.1, -0.05) is 29.8 Å². The molecule has 1 aromatic carbocycles. The monoisotopic (exact) mass is 290 g/mol. The van der Waals surface area contributed by atoms with E-state index in [-0.39, 0.29) is 12.0 Å². The van der Waals surface area contributed by atoms with E-state index in [9.17, 15) is 4.79 Å². The highest BCUT2D eigenvalue weighted by molar-refractivity contribution is 7.80. The number of allylic oxidation sites excluding steroid dienone is 1. The van der Waals surface area contributed by atoms with Crippen molar-refractivity contribution >= 4 is 23.3 Å². The normalized spacial score (nSPS) is 18.4. The fourth-order valence-corrected chi connectivity index (χ4v) is 2.54. The highest BCUT2D eigenvalue weighted by Gasteiger charge is 2.30. The second-order valence-electron chi connectivity index (χ2n) is 4.70. The quantitative estimate of drug-likeness (QED) is 0.661. The number of benzene rings is 1. The fraction of sp³-hybridized carbons (Fsp3) is 0.333. The number of ether oxygens (including phenoxy) is 1. The molecule has 0 saturated heterocycles. The van der Waals surface area contributed by atoms with Crippen LogP contribution in [0.3, 0.4) is 0 Å². The van der Waals surface area contributed by atoms with Crippen LogP contribution in [-0.2, 0) is 9.53 Å². The summed E-state index contributed by atoms with van der Waals surface area (Å²) in [5.74, 6) is -0.320. The van der Waals surface area contributed by atoms with E-state index in [0.29, 0.717) is 17.3 Å². The van der Waals surface area contributed by atoms with Gasteiger partial charge in [-0.05, 0) is 38.6 Å². The fourth-order valence-electron chi connectivity index (χ4n) is 2.27. The first-order valence-electron chi connectivity index (χ1n) is 6.55. The van der Waals surface area contributed by atoms with Gasteiger partial charge < -0.3 is 15.4 Å². The summed E-state index contributed by atoms with van der Waals surface area (Å²) in [5.41, 5.74) is 3.44.